The van der Waals surface area contributed by atoms with Crippen LogP contribution in [0.5, 0.6) is 0 Å². The van der Waals surface area contributed by atoms with E-state index < -0.39 is 0 Å². The van der Waals surface area contributed by atoms with Crippen LogP contribution in [0, 0.1) is 5.92 Å². The molecule has 3 aromatic rings. The van der Waals surface area contributed by atoms with Crippen LogP contribution >= 0.6 is 23.2 Å². The Morgan fingerprint density at radius 2 is 2.08 bits per heavy atom. The number of hydrogen-bond acceptors (Lipinski definition) is 6. The third-order valence-electron chi connectivity index (χ3n) is 4.75. The summed E-state index contributed by atoms with van der Waals surface area (Å²) in [6.07, 6.45) is 2.79. The SMILES string of the molecule is Nc1nc(Cl)c(-c2cc3cc(Cl)ccc3o2)c(N[C@H]2CC[C@@H](CO)C2)n1. The van der Waals surface area contributed by atoms with Gasteiger partial charge in [0.05, 0.1) is 5.56 Å². The van der Waals surface area contributed by atoms with Gasteiger partial charge in [0.1, 0.15) is 22.3 Å². The van der Waals surface area contributed by atoms with E-state index in [1.54, 1.807) is 6.07 Å². The second-order valence-electron chi connectivity index (χ2n) is 6.59. The van der Waals surface area contributed by atoms with Crippen LogP contribution in [0.3, 0.4) is 0 Å². The van der Waals surface area contributed by atoms with Crippen LogP contribution in [0.1, 0.15) is 19.3 Å². The van der Waals surface area contributed by atoms with Crippen LogP contribution in [-0.4, -0.2) is 27.7 Å². The number of nitrogens with zero attached hydrogens (tertiary/aromatic N) is 2. The molecular weight excluding hydrogens is 375 g/mol. The first-order valence-electron chi connectivity index (χ1n) is 8.43. The molecule has 4 N–H and O–H groups in total. The summed E-state index contributed by atoms with van der Waals surface area (Å²) in [5.41, 5.74) is 7.06. The summed E-state index contributed by atoms with van der Waals surface area (Å²) in [5, 5.41) is 14.5. The van der Waals surface area contributed by atoms with Crippen molar-refractivity contribution >= 4 is 45.9 Å². The van der Waals surface area contributed by atoms with E-state index in [-0.39, 0.29) is 23.8 Å². The Hall–Kier alpha value is -2.02. The van der Waals surface area contributed by atoms with Gasteiger partial charge in [0.2, 0.25) is 5.95 Å². The zero-order chi connectivity index (χ0) is 18.3. The van der Waals surface area contributed by atoms with Crippen molar-refractivity contribution in [3.05, 3.63) is 34.4 Å². The van der Waals surface area contributed by atoms with Crippen molar-refractivity contribution in [1.29, 1.82) is 0 Å². The summed E-state index contributed by atoms with van der Waals surface area (Å²) >= 11 is 12.4. The quantitative estimate of drug-likeness (QED) is 0.570. The lowest BCUT2D eigenvalue weighted by molar-refractivity contribution is 0.229. The maximum atomic E-state index is 9.35. The number of nitrogens with two attached hydrogens (primary N) is 1. The van der Waals surface area contributed by atoms with Crippen LogP contribution in [0.25, 0.3) is 22.3 Å². The van der Waals surface area contributed by atoms with E-state index in [0.29, 0.717) is 33.7 Å². The first-order valence-corrected chi connectivity index (χ1v) is 9.19. The predicted molar refractivity (Wildman–Crippen MR) is 104 cm³/mol. The second-order valence-corrected chi connectivity index (χ2v) is 7.39. The van der Waals surface area contributed by atoms with Gasteiger partial charge in [-0.1, -0.05) is 23.2 Å². The number of anilines is 2. The van der Waals surface area contributed by atoms with Gasteiger partial charge in [-0.3, -0.25) is 0 Å². The van der Waals surface area contributed by atoms with E-state index in [9.17, 15) is 5.11 Å². The molecule has 1 aliphatic carbocycles. The molecule has 8 heteroatoms. The zero-order valence-corrected chi connectivity index (χ0v) is 15.4. The number of aliphatic hydroxyl groups excluding tert-OH is 1. The van der Waals surface area contributed by atoms with Gasteiger partial charge in [0.25, 0.3) is 0 Å². The Kier molecular flexibility index (Phi) is 4.65. The van der Waals surface area contributed by atoms with E-state index in [1.807, 2.05) is 18.2 Å². The molecule has 0 amide bonds. The summed E-state index contributed by atoms with van der Waals surface area (Å²) in [6, 6.07) is 7.45. The van der Waals surface area contributed by atoms with E-state index in [2.05, 4.69) is 15.3 Å². The summed E-state index contributed by atoms with van der Waals surface area (Å²) in [6.45, 7) is 0.196. The third kappa shape index (κ3) is 3.32. The van der Waals surface area contributed by atoms with E-state index in [4.69, 9.17) is 33.4 Å². The smallest absolute Gasteiger partial charge is 0.223 e. The van der Waals surface area contributed by atoms with Gasteiger partial charge in [0, 0.05) is 23.1 Å². The lowest BCUT2D eigenvalue weighted by Crippen LogP contribution is -2.18. The monoisotopic (exact) mass is 392 g/mol. The van der Waals surface area contributed by atoms with E-state index in [0.717, 1.165) is 24.6 Å². The molecule has 6 nitrogen and oxygen atoms in total. The van der Waals surface area contributed by atoms with Gasteiger partial charge < -0.3 is 20.6 Å². The Morgan fingerprint density at radius 1 is 1.23 bits per heavy atom. The number of rotatable bonds is 4. The fourth-order valence-electron chi connectivity index (χ4n) is 3.48. The maximum Gasteiger partial charge on any atom is 0.223 e. The number of benzene rings is 1. The van der Waals surface area contributed by atoms with Crippen molar-refractivity contribution < 1.29 is 9.52 Å². The van der Waals surface area contributed by atoms with Crippen molar-refractivity contribution in [3.8, 4) is 11.3 Å². The van der Waals surface area contributed by atoms with Crippen LogP contribution < -0.4 is 11.1 Å². The van der Waals surface area contributed by atoms with Crippen molar-refractivity contribution in [2.24, 2.45) is 5.92 Å². The Bertz CT molecular complexity index is 960. The van der Waals surface area contributed by atoms with Crippen LogP contribution in [0.2, 0.25) is 10.2 Å². The van der Waals surface area contributed by atoms with Gasteiger partial charge >= 0.3 is 0 Å². The molecule has 0 saturated heterocycles. The molecule has 2 atom stereocenters. The molecule has 136 valence electrons. The summed E-state index contributed by atoms with van der Waals surface area (Å²) in [4.78, 5) is 8.41. The average molecular weight is 393 g/mol. The second kappa shape index (κ2) is 6.95. The van der Waals surface area contributed by atoms with Crippen molar-refractivity contribution in [2.75, 3.05) is 17.7 Å². The number of aromatic nitrogens is 2. The number of nitrogens with one attached hydrogen (secondary N) is 1. The van der Waals surface area contributed by atoms with E-state index >= 15 is 0 Å². The molecule has 0 radical (unpaired) electrons. The van der Waals surface area contributed by atoms with E-state index in [1.165, 1.54) is 0 Å². The normalized spacial score (nSPS) is 20.0. The first-order chi connectivity index (χ1) is 12.5. The number of halogens is 2. The molecule has 0 aliphatic heterocycles. The molecule has 0 spiro atoms. The first kappa shape index (κ1) is 17.4. The predicted octanol–water partition coefficient (Wildman–Crippen LogP) is 4.35. The van der Waals surface area contributed by atoms with Crippen LogP contribution in [-0.2, 0) is 0 Å². The highest BCUT2D eigenvalue weighted by Crippen LogP contribution is 2.38. The highest BCUT2D eigenvalue weighted by atomic mass is 35.5. The topological polar surface area (TPSA) is 97.2 Å². The molecule has 2 aromatic heterocycles. The molecule has 1 saturated carbocycles. The molecule has 0 unspecified atom stereocenters. The average Bonchev–Trinajstić information content (AvgIpc) is 3.20. The standard InChI is InChI=1S/C18H18Cl2N4O2/c19-11-2-4-13-10(6-11)7-14(26-13)15-16(20)23-18(21)24-17(15)22-12-3-1-9(5-12)8-25/h2,4,6-7,9,12,25H,1,3,5,8H2,(H3,21,22,23,24)/t9-,12+/m1/s1. The number of hydrogen-bond donors (Lipinski definition) is 3. The molecule has 2 heterocycles. The highest BCUT2D eigenvalue weighted by molar-refractivity contribution is 6.33. The summed E-state index contributed by atoms with van der Waals surface area (Å²) in [7, 11) is 0. The van der Waals surface area contributed by atoms with Crippen molar-refractivity contribution in [3.63, 3.8) is 0 Å². The summed E-state index contributed by atoms with van der Waals surface area (Å²) in [5.74, 6) is 1.48. The Balaban J connectivity index is 1.74. The molecular formula is C18H18Cl2N4O2. The maximum absolute atomic E-state index is 9.35. The molecule has 1 aromatic carbocycles. The van der Waals surface area contributed by atoms with Gasteiger partial charge in [-0.15, -0.1) is 0 Å². The summed E-state index contributed by atoms with van der Waals surface area (Å²) < 4.78 is 5.93. The Labute approximate surface area is 160 Å². The van der Waals surface area contributed by atoms with Crippen LogP contribution in [0.4, 0.5) is 11.8 Å². The fourth-order valence-corrected chi connectivity index (χ4v) is 3.92. The van der Waals surface area contributed by atoms with Crippen LogP contribution in [0.15, 0.2) is 28.7 Å². The number of fused-ring (bicyclic) bond motifs is 1. The molecule has 1 aliphatic rings. The zero-order valence-electron chi connectivity index (χ0n) is 13.9. The number of nitrogen functional groups attached to an aromatic ring is 1. The Morgan fingerprint density at radius 3 is 2.85 bits per heavy atom. The fraction of sp³-hybridized carbons (Fsp3) is 0.333. The van der Waals surface area contributed by atoms with Crippen molar-refractivity contribution in [2.45, 2.75) is 25.3 Å². The molecule has 1 fully saturated rings. The van der Waals surface area contributed by atoms with Gasteiger partial charge in [-0.2, -0.15) is 4.98 Å². The minimum Gasteiger partial charge on any atom is -0.456 e. The van der Waals surface area contributed by atoms with Crippen molar-refractivity contribution in [1.82, 2.24) is 9.97 Å². The minimum atomic E-state index is 0.0945. The van der Waals surface area contributed by atoms with Gasteiger partial charge in [-0.05, 0) is 49.4 Å². The highest BCUT2D eigenvalue weighted by Gasteiger charge is 2.27. The largest absolute Gasteiger partial charge is 0.456 e. The number of aliphatic hydroxyl groups is 1. The van der Waals surface area contributed by atoms with Gasteiger partial charge in [-0.25, -0.2) is 4.98 Å². The van der Waals surface area contributed by atoms with Gasteiger partial charge in [0.15, 0.2) is 0 Å². The minimum absolute atomic E-state index is 0.0945. The number of furan rings is 1. The molecule has 4 rings (SSSR count). The molecule has 26 heavy (non-hydrogen) atoms. The third-order valence-corrected chi connectivity index (χ3v) is 5.26. The molecule has 0 bridgehead atoms. The lowest BCUT2D eigenvalue weighted by Gasteiger charge is -2.16. The lowest BCUT2D eigenvalue weighted by atomic mass is 10.1.